The maximum atomic E-state index is 5.88. The lowest BCUT2D eigenvalue weighted by Crippen LogP contribution is -2.09. The van der Waals surface area contributed by atoms with E-state index in [-0.39, 0.29) is 0 Å². The van der Waals surface area contributed by atoms with Crippen molar-refractivity contribution in [2.24, 2.45) is 0 Å². The van der Waals surface area contributed by atoms with Crippen LogP contribution in [0, 0.1) is 0 Å². The Morgan fingerprint density at radius 2 is 2.10 bits per heavy atom. The lowest BCUT2D eigenvalue weighted by Gasteiger charge is -2.09. The van der Waals surface area contributed by atoms with Crippen molar-refractivity contribution in [2.45, 2.75) is 26.8 Å². The van der Waals surface area contributed by atoms with Gasteiger partial charge in [-0.15, -0.1) is 11.6 Å². The number of aromatic nitrogens is 2. The van der Waals surface area contributed by atoms with Crippen molar-refractivity contribution in [1.82, 2.24) is 9.55 Å². The second-order valence-electron chi connectivity index (χ2n) is 4.37. The Bertz CT molecular complexity index is 554. The molecule has 2 rings (SSSR count). The summed E-state index contributed by atoms with van der Waals surface area (Å²) >= 11 is 5.88. The molecule has 0 atom stereocenters. The van der Waals surface area contributed by atoms with E-state index in [1.54, 1.807) is 0 Å². The number of alkyl halides is 1. The summed E-state index contributed by atoms with van der Waals surface area (Å²) in [5.41, 5.74) is 1.99. The molecule has 0 saturated heterocycles. The van der Waals surface area contributed by atoms with Gasteiger partial charge in [0.1, 0.15) is 17.1 Å². The second-order valence-corrected chi connectivity index (χ2v) is 4.75. The SMILES string of the molecule is CCOCCn1c(CCCl)nc2c(OCC)cccc21. The van der Waals surface area contributed by atoms with Crippen molar-refractivity contribution >= 4 is 22.6 Å². The molecule has 1 aromatic heterocycles. The van der Waals surface area contributed by atoms with Crippen molar-refractivity contribution in [3.05, 3.63) is 24.0 Å². The number of hydrogen-bond donors (Lipinski definition) is 0. The first kappa shape index (κ1) is 15.1. The summed E-state index contributed by atoms with van der Waals surface area (Å²) in [6.45, 7) is 6.79. The highest BCUT2D eigenvalue weighted by Crippen LogP contribution is 2.26. The molecular formula is C15H21ClN2O2. The van der Waals surface area contributed by atoms with E-state index in [0.29, 0.717) is 19.1 Å². The van der Waals surface area contributed by atoms with Crippen molar-refractivity contribution in [3.8, 4) is 5.75 Å². The molecule has 0 aliphatic rings. The summed E-state index contributed by atoms with van der Waals surface area (Å²) in [6.07, 6.45) is 0.744. The summed E-state index contributed by atoms with van der Waals surface area (Å²) in [5, 5.41) is 0. The van der Waals surface area contributed by atoms with Crippen LogP contribution in [0.4, 0.5) is 0 Å². The van der Waals surface area contributed by atoms with Crippen molar-refractivity contribution in [1.29, 1.82) is 0 Å². The van der Waals surface area contributed by atoms with Gasteiger partial charge < -0.3 is 14.0 Å². The third-order valence-corrected chi connectivity index (χ3v) is 3.29. The van der Waals surface area contributed by atoms with Crippen LogP contribution in [0.15, 0.2) is 18.2 Å². The minimum atomic E-state index is 0.557. The fourth-order valence-electron chi connectivity index (χ4n) is 2.27. The van der Waals surface area contributed by atoms with Crippen LogP contribution in [0.5, 0.6) is 5.75 Å². The van der Waals surface area contributed by atoms with Gasteiger partial charge in [0.25, 0.3) is 0 Å². The fourth-order valence-corrected chi connectivity index (χ4v) is 2.44. The Kier molecular flexibility index (Phi) is 5.68. The fraction of sp³-hybridized carbons (Fsp3) is 0.533. The first-order valence-electron chi connectivity index (χ1n) is 7.06. The number of fused-ring (bicyclic) bond motifs is 1. The zero-order chi connectivity index (χ0) is 14.4. The summed E-state index contributed by atoms with van der Waals surface area (Å²) < 4.78 is 13.3. The van der Waals surface area contributed by atoms with Gasteiger partial charge >= 0.3 is 0 Å². The predicted molar refractivity (Wildman–Crippen MR) is 81.8 cm³/mol. The summed E-state index contributed by atoms with van der Waals surface area (Å²) in [7, 11) is 0. The van der Waals surface area contributed by atoms with Crippen LogP contribution in [-0.4, -0.2) is 35.3 Å². The molecular weight excluding hydrogens is 276 g/mol. The molecule has 0 saturated carbocycles. The highest BCUT2D eigenvalue weighted by molar-refractivity contribution is 6.17. The third kappa shape index (κ3) is 3.25. The van der Waals surface area contributed by atoms with E-state index in [2.05, 4.69) is 10.6 Å². The molecule has 0 aliphatic carbocycles. The van der Waals surface area contributed by atoms with E-state index in [4.69, 9.17) is 26.1 Å². The van der Waals surface area contributed by atoms with Gasteiger partial charge in [-0.05, 0) is 26.0 Å². The van der Waals surface area contributed by atoms with Gasteiger partial charge in [0.05, 0.1) is 18.7 Å². The molecule has 0 spiro atoms. The quantitative estimate of drug-likeness (QED) is 0.554. The Morgan fingerprint density at radius 1 is 1.25 bits per heavy atom. The number of para-hydroxylation sites is 1. The maximum absolute atomic E-state index is 5.88. The highest BCUT2D eigenvalue weighted by atomic mass is 35.5. The largest absolute Gasteiger partial charge is 0.492 e. The number of hydrogen-bond acceptors (Lipinski definition) is 3. The van der Waals surface area contributed by atoms with E-state index in [9.17, 15) is 0 Å². The topological polar surface area (TPSA) is 36.3 Å². The van der Waals surface area contributed by atoms with Gasteiger partial charge in [-0.1, -0.05) is 6.07 Å². The molecule has 0 amide bonds. The first-order valence-corrected chi connectivity index (χ1v) is 7.59. The van der Waals surface area contributed by atoms with Gasteiger partial charge in [-0.3, -0.25) is 0 Å². The first-order chi connectivity index (χ1) is 9.81. The minimum absolute atomic E-state index is 0.557. The van der Waals surface area contributed by atoms with Gasteiger partial charge in [0.15, 0.2) is 0 Å². The van der Waals surface area contributed by atoms with E-state index in [1.165, 1.54) is 0 Å². The number of nitrogens with zero attached hydrogens (tertiary/aromatic N) is 2. The number of rotatable bonds is 8. The lowest BCUT2D eigenvalue weighted by atomic mass is 10.3. The van der Waals surface area contributed by atoms with Crippen LogP contribution < -0.4 is 4.74 Å². The lowest BCUT2D eigenvalue weighted by molar-refractivity contribution is 0.139. The van der Waals surface area contributed by atoms with E-state index in [0.717, 1.165) is 42.2 Å². The normalized spacial score (nSPS) is 11.2. The summed E-state index contributed by atoms with van der Waals surface area (Å²) in [6, 6.07) is 6.02. The average molecular weight is 297 g/mol. The Balaban J connectivity index is 2.40. The third-order valence-electron chi connectivity index (χ3n) is 3.10. The Morgan fingerprint density at radius 3 is 2.80 bits per heavy atom. The standard InChI is InChI=1S/C15H21ClN2O2/c1-3-19-11-10-18-12-6-5-7-13(20-4-2)15(12)17-14(18)8-9-16/h5-7H,3-4,8-11H2,1-2H3. The molecule has 0 fully saturated rings. The average Bonchev–Trinajstić information content (AvgIpc) is 2.79. The number of benzene rings is 1. The molecule has 0 radical (unpaired) electrons. The van der Waals surface area contributed by atoms with Crippen LogP contribution in [-0.2, 0) is 17.7 Å². The number of ether oxygens (including phenoxy) is 2. The van der Waals surface area contributed by atoms with E-state index in [1.807, 2.05) is 26.0 Å². The number of halogens is 1. The molecule has 4 nitrogen and oxygen atoms in total. The van der Waals surface area contributed by atoms with Crippen molar-refractivity contribution in [2.75, 3.05) is 25.7 Å². The molecule has 0 unspecified atom stereocenters. The second kappa shape index (κ2) is 7.50. The predicted octanol–water partition coefficient (Wildman–Crippen LogP) is 3.25. The van der Waals surface area contributed by atoms with Gasteiger partial charge in [-0.25, -0.2) is 4.98 Å². The summed E-state index contributed by atoms with van der Waals surface area (Å²) in [5.74, 6) is 2.37. The van der Waals surface area contributed by atoms with E-state index >= 15 is 0 Å². The summed E-state index contributed by atoms with van der Waals surface area (Å²) in [4.78, 5) is 4.70. The molecule has 0 bridgehead atoms. The van der Waals surface area contributed by atoms with Gasteiger partial charge in [-0.2, -0.15) is 0 Å². The molecule has 5 heteroatoms. The molecule has 2 aromatic rings. The van der Waals surface area contributed by atoms with Gasteiger partial charge in [0, 0.05) is 25.5 Å². The van der Waals surface area contributed by atoms with E-state index < -0.39 is 0 Å². The maximum Gasteiger partial charge on any atom is 0.147 e. The Hall–Kier alpha value is -1.26. The number of imidazole rings is 1. The molecule has 0 N–H and O–H groups in total. The van der Waals surface area contributed by atoms with Crippen LogP contribution in [0.25, 0.3) is 11.0 Å². The zero-order valence-electron chi connectivity index (χ0n) is 12.1. The zero-order valence-corrected chi connectivity index (χ0v) is 12.8. The van der Waals surface area contributed by atoms with Crippen molar-refractivity contribution < 1.29 is 9.47 Å². The molecule has 110 valence electrons. The molecule has 1 aromatic carbocycles. The smallest absolute Gasteiger partial charge is 0.147 e. The van der Waals surface area contributed by atoms with Crippen LogP contribution >= 0.6 is 11.6 Å². The minimum Gasteiger partial charge on any atom is -0.492 e. The van der Waals surface area contributed by atoms with Crippen LogP contribution in [0.2, 0.25) is 0 Å². The molecule has 20 heavy (non-hydrogen) atoms. The molecule has 0 aliphatic heterocycles. The number of aryl methyl sites for hydroxylation is 1. The highest BCUT2D eigenvalue weighted by Gasteiger charge is 2.13. The van der Waals surface area contributed by atoms with Crippen molar-refractivity contribution in [3.63, 3.8) is 0 Å². The van der Waals surface area contributed by atoms with Crippen LogP contribution in [0.1, 0.15) is 19.7 Å². The Labute approximate surface area is 124 Å². The van der Waals surface area contributed by atoms with Gasteiger partial charge in [0.2, 0.25) is 0 Å². The van der Waals surface area contributed by atoms with Crippen LogP contribution in [0.3, 0.4) is 0 Å². The monoisotopic (exact) mass is 296 g/mol. The molecule has 1 heterocycles.